The van der Waals surface area contributed by atoms with Gasteiger partial charge in [-0.2, -0.15) is 9.97 Å². The Balaban J connectivity index is 0.00000161. The van der Waals surface area contributed by atoms with Crippen molar-refractivity contribution in [3.63, 3.8) is 0 Å². The van der Waals surface area contributed by atoms with Crippen molar-refractivity contribution in [2.45, 2.75) is 13.2 Å². The normalized spacial score (nSPS) is 10.3. The molecular formula is C13H15ClN6O. The van der Waals surface area contributed by atoms with Crippen LogP contribution in [0.2, 0.25) is 0 Å². The van der Waals surface area contributed by atoms with Crippen LogP contribution in [0.5, 0.6) is 5.88 Å². The number of imidazole rings is 1. The van der Waals surface area contributed by atoms with Crippen molar-refractivity contribution >= 4 is 29.5 Å². The minimum Gasteiger partial charge on any atom is -0.471 e. The van der Waals surface area contributed by atoms with Gasteiger partial charge >= 0.3 is 0 Å². The van der Waals surface area contributed by atoms with Crippen molar-refractivity contribution in [1.29, 1.82) is 0 Å². The highest BCUT2D eigenvalue weighted by molar-refractivity contribution is 5.85. The number of H-pyrrole nitrogens is 1. The summed E-state index contributed by atoms with van der Waals surface area (Å²) in [6, 6.07) is 7.88. The lowest BCUT2D eigenvalue weighted by Crippen LogP contribution is -2.03. The van der Waals surface area contributed by atoms with Crippen LogP contribution in [0.15, 0.2) is 30.6 Å². The van der Waals surface area contributed by atoms with Gasteiger partial charge in [-0.25, -0.2) is 4.98 Å². The second-order valence-electron chi connectivity index (χ2n) is 4.30. The second kappa shape index (κ2) is 6.38. The Morgan fingerprint density at radius 3 is 2.81 bits per heavy atom. The molecule has 0 saturated carbocycles. The van der Waals surface area contributed by atoms with Gasteiger partial charge in [-0.3, -0.25) is 0 Å². The van der Waals surface area contributed by atoms with E-state index in [0.717, 1.165) is 11.1 Å². The Hall–Kier alpha value is -2.38. The predicted molar refractivity (Wildman–Crippen MR) is 82.0 cm³/mol. The summed E-state index contributed by atoms with van der Waals surface area (Å²) < 4.78 is 5.70. The van der Waals surface area contributed by atoms with E-state index in [9.17, 15) is 0 Å². The van der Waals surface area contributed by atoms with E-state index in [1.807, 2.05) is 24.3 Å². The first kappa shape index (κ1) is 15.0. The van der Waals surface area contributed by atoms with Gasteiger partial charge in [0.05, 0.1) is 6.33 Å². The summed E-state index contributed by atoms with van der Waals surface area (Å²) in [6.45, 7) is 0.873. The molecular weight excluding hydrogens is 292 g/mol. The minimum absolute atomic E-state index is 0. The third kappa shape index (κ3) is 3.21. The molecule has 3 aromatic rings. The maximum absolute atomic E-state index is 5.70. The number of halogens is 1. The van der Waals surface area contributed by atoms with Crippen molar-refractivity contribution < 1.29 is 4.74 Å². The van der Waals surface area contributed by atoms with E-state index in [2.05, 4.69) is 19.9 Å². The molecule has 0 atom stereocenters. The number of nitrogens with zero attached hydrogens (tertiary/aromatic N) is 3. The molecule has 7 nitrogen and oxygen atoms in total. The molecule has 21 heavy (non-hydrogen) atoms. The fraction of sp³-hybridized carbons (Fsp3) is 0.154. The number of ether oxygens (including phenoxy) is 1. The molecule has 0 aliphatic heterocycles. The SMILES string of the molecule is Cl.NCc1cccc(COc2nc(N)nc3nc[nH]c23)c1. The van der Waals surface area contributed by atoms with Crippen LogP contribution in [0.4, 0.5) is 5.95 Å². The Kier molecular flexibility index (Phi) is 4.56. The average molecular weight is 307 g/mol. The van der Waals surface area contributed by atoms with Crippen LogP contribution >= 0.6 is 12.4 Å². The quantitative estimate of drug-likeness (QED) is 0.671. The van der Waals surface area contributed by atoms with Gasteiger partial charge in [0.15, 0.2) is 5.65 Å². The summed E-state index contributed by atoms with van der Waals surface area (Å²) in [5.74, 6) is 0.526. The molecule has 0 radical (unpaired) electrons. The zero-order chi connectivity index (χ0) is 13.9. The van der Waals surface area contributed by atoms with Gasteiger partial charge in [-0.15, -0.1) is 12.4 Å². The van der Waals surface area contributed by atoms with Gasteiger partial charge in [-0.05, 0) is 11.1 Å². The van der Waals surface area contributed by atoms with Gasteiger partial charge in [0.2, 0.25) is 11.8 Å². The summed E-state index contributed by atoms with van der Waals surface area (Å²) in [7, 11) is 0. The van der Waals surface area contributed by atoms with Crippen LogP contribution in [-0.2, 0) is 13.2 Å². The number of aromatic nitrogens is 4. The average Bonchev–Trinajstić information content (AvgIpc) is 2.93. The molecule has 0 aliphatic carbocycles. The molecule has 5 N–H and O–H groups in total. The lowest BCUT2D eigenvalue weighted by atomic mass is 10.1. The van der Waals surface area contributed by atoms with Crippen molar-refractivity contribution in [2.24, 2.45) is 5.73 Å². The van der Waals surface area contributed by atoms with Crippen LogP contribution in [0.1, 0.15) is 11.1 Å². The number of nitrogen functional groups attached to an aromatic ring is 1. The van der Waals surface area contributed by atoms with E-state index in [1.165, 1.54) is 6.33 Å². The molecule has 0 aliphatic rings. The summed E-state index contributed by atoms with van der Waals surface area (Å²) in [6.07, 6.45) is 1.53. The predicted octanol–water partition coefficient (Wildman–Crippen LogP) is 1.39. The fourth-order valence-electron chi connectivity index (χ4n) is 1.93. The van der Waals surface area contributed by atoms with Gasteiger partial charge in [0.25, 0.3) is 0 Å². The third-order valence-electron chi connectivity index (χ3n) is 2.87. The first-order valence-electron chi connectivity index (χ1n) is 6.13. The highest BCUT2D eigenvalue weighted by atomic mass is 35.5. The van der Waals surface area contributed by atoms with Crippen LogP contribution in [0, 0.1) is 0 Å². The fourth-order valence-corrected chi connectivity index (χ4v) is 1.93. The molecule has 2 aromatic heterocycles. The molecule has 0 amide bonds. The lowest BCUT2D eigenvalue weighted by molar-refractivity contribution is 0.297. The Morgan fingerprint density at radius 2 is 2.00 bits per heavy atom. The smallest absolute Gasteiger partial charge is 0.245 e. The zero-order valence-electron chi connectivity index (χ0n) is 11.1. The van der Waals surface area contributed by atoms with Crippen LogP contribution < -0.4 is 16.2 Å². The zero-order valence-corrected chi connectivity index (χ0v) is 11.9. The topological polar surface area (TPSA) is 116 Å². The van der Waals surface area contributed by atoms with E-state index in [-0.39, 0.29) is 18.4 Å². The number of benzene rings is 1. The number of hydrogen-bond donors (Lipinski definition) is 3. The van der Waals surface area contributed by atoms with Crippen molar-refractivity contribution in [1.82, 2.24) is 19.9 Å². The summed E-state index contributed by atoms with van der Waals surface area (Å²) in [5.41, 5.74) is 14.4. The van der Waals surface area contributed by atoms with Gasteiger partial charge in [0, 0.05) is 6.54 Å². The monoisotopic (exact) mass is 306 g/mol. The highest BCUT2D eigenvalue weighted by Gasteiger charge is 2.09. The molecule has 1 aromatic carbocycles. The number of nitrogens with one attached hydrogen (secondary N) is 1. The molecule has 2 heterocycles. The first-order valence-corrected chi connectivity index (χ1v) is 6.13. The number of anilines is 1. The van der Waals surface area contributed by atoms with Crippen LogP contribution in [-0.4, -0.2) is 19.9 Å². The number of hydrogen-bond acceptors (Lipinski definition) is 6. The molecule has 0 spiro atoms. The standard InChI is InChI=1S/C13H14N6O.ClH/c14-5-8-2-1-3-9(4-8)6-20-12-10-11(17-7-16-10)18-13(15)19-12;/h1-4,7H,5-6,14H2,(H3,15,16,17,18,19);1H. The van der Waals surface area contributed by atoms with E-state index >= 15 is 0 Å². The Bertz CT molecular complexity index is 744. The molecule has 110 valence electrons. The van der Waals surface area contributed by atoms with Crippen molar-refractivity contribution in [3.05, 3.63) is 41.7 Å². The molecule has 0 bridgehead atoms. The summed E-state index contributed by atoms with van der Waals surface area (Å²) in [5, 5.41) is 0. The largest absolute Gasteiger partial charge is 0.471 e. The van der Waals surface area contributed by atoms with E-state index in [1.54, 1.807) is 0 Å². The summed E-state index contributed by atoms with van der Waals surface area (Å²) >= 11 is 0. The highest BCUT2D eigenvalue weighted by Crippen LogP contribution is 2.20. The van der Waals surface area contributed by atoms with E-state index in [0.29, 0.717) is 30.2 Å². The van der Waals surface area contributed by atoms with Gasteiger partial charge < -0.3 is 21.2 Å². The maximum atomic E-state index is 5.70. The molecule has 0 fully saturated rings. The second-order valence-corrected chi connectivity index (χ2v) is 4.30. The Morgan fingerprint density at radius 1 is 1.19 bits per heavy atom. The third-order valence-corrected chi connectivity index (χ3v) is 2.87. The van der Waals surface area contributed by atoms with E-state index < -0.39 is 0 Å². The molecule has 0 saturated heterocycles. The maximum Gasteiger partial charge on any atom is 0.245 e. The lowest BCUT2D eigenvalue weighted by Gasteiger charge is -2.07. The van der Waals surface area contributed by atoms with Crippen molar-refractivity contribution in [3.8, 4) is 5.88 Å². The van der Waals surface area contributed by atoms with Gasteiger partial charge in [-0.1, -0.05) is 24.3 Å². The van der Waals surface area contributed by atoms with Crippen LogP contribution in [0.25, 0.3) is 11.2 Å². The van der Waals surface area contributed by atoms with Gasteiger partial charge in [0.1, 0.15) is 12.1 Å². The van der Waals surface area contributed by atoms with E-state index in [4.69, 9.17) is 16.2 Å². The molecule has 8 heteroatoms. The molecule has 3 rings (SSSR count). The number of nitrogens with two attached hydrogens (primary N) is 2. The number of fused-ring (bicyclic) bond motifs is 1. The first-order chi connectivity index (χ1) is 9.76. The van der Waals surface area contributed by atoms with Crippen molar-refractivity contribution in [2.75, 3.05) is 5.73 Å². The summed E-state index contributed by atoms with van der Waals surface area (Å²) in [4.78, 5) is 15.1. The number of rotatable bonds is 4. The Labute approximate surface area is 127 Å². The minimum atomic E-state index is 0. The number of aromatic amines is 1. The molecule has 0 unspecified atom stereocenters. The van der Waals surface area contributed by atoms with Crippen LogP contribution in [0.3, 0.4) is 0 Å².